The number of fused-ring (bicyclic) bond motifs is 2. The standard InChI is InChI=1S/C25H16N6S6/c1-2-5-18-17(4-1)36-24-21(15-7-8-27-30-28-15)20(16-12-26-13-34-29-16)23(31-9-11-32-14-35-31)22(25(24)37-18)19-6-3-10-33-19/h1-12H,13-14H2. The highest BCUT2D eigenvalue weighted by Gasteiger charge is 2.35. The molecule has 0 unspecified atom stereocenters. The maximum atomic E-state index is 4.90. The van der Waals surface area contributed by atoms with Gasteiger partial charge in [-0.1, -0.05) is 41.7 Å². The van der Waals surface area contributed by atoms with E-state index in [-0.39, 0.29) is 0 Å². The molecule has 0 aliphatic carbocycles. The molecule has 2 aromatic heterocycles. The SMILES string of the molecule is C1=CN(c2c(C3=NSCN=C3)c(-c3ccnnn3)c3c(c2-c2cccs2)Sc2ccccc2S3)SCS1. The van der Waals surface area contributed by atoms with Gasteiger partial charge in [0.2, 0.25) is 0 Å². The summed E-state index contributed by atoms with van der Waals surface area (Å²) in [7, 11) is 0. The van der Waals surface area contributed by atoms with E-state index in [1.165, 1.54) is 42.0 Å². The van der Waals surface area contributed by atoms with Gasteiger partial charge >= 0.3 is 0 Å². The van der Waals surface area contributed by atoms with E-state index in [0.29, 0.717) is 5.88 Å². The lowest BCUT2D eigenvalue weighted by Crippen LogP contribution is -2.19. The van der Waals surface area contributed by atoms with E-state index >= 15 is 0 Å². The summed E-state index contributed by atoms with van der Waals surface area (Å²) in [6.45, 7) is 0. The minimum absolute atomic E-state index is 0.624. The van der Waals surface area contributed by atoms with Gasteiger partial charge in [0.1, 0.15) is 5.88 Å². The van der Waals surface area contributed by atoms with Gasteiger partial charge in [0.05, 0.1) is 28.4 Å². The maximum absolute atomic E-state index is 4.90. The van der Waals surface area contributed by atoms with Crippen molar-refractivity contribution in [2.24, 2.45) is 9.39 Å². The zero-order valence-electron chi connectivity index (χ0n) is 19.0. The highest BCUT2D eigenvalue weighted by Crippen LogP contribution is 2.60. The highest BCUT2D eigenvalue weighted by molar-refractivity contribution is 8.18. The average Bonchev–Trinajstić information content (AvgIpc) is 3.51. The Balaban J connectivity index is 1.64. The first-order valence-corrected chi connectivity index (χ1v) is 16.6. The number of anilines is 1. The molecule has 3 aliphatic rings. The number of hydrogen-bond donors (Lipinski definition) is 0. The Labute approximate surface area is 239 Å². The molecular weight excluding hydrogens is 577 g/mol. The van der Waals surface area contributed by atoms with Crippen LogP contribution in [-0.4, -0.2) is 38.3 Å². The first-order valence-electron chi connectivity index (χ1n) is 11.2. The second kappa shape index (κ2) is 10.5. The van der Waals surface area contributed by atoms with Gasteiger partial charge in [-0.3, -0.25) is 9.30 Å². The molecule has 0 spiro atoms. The van der Waals surface area contributed by atoms with Gasteiger partial charge in [-0.15, -0.1) is 33.3 Å². The first-order chi connectivity index (χ1) is 18.4. The second-order valence-electron chi connectivity index (χ2n) is 7.84. The fourth-order valence-electron chi connectivity index (χ4n) is 4.26. The van der Waals surface area contributed by atoms with Crippen LogP contribution < -0.4 is 4.31 Å². The number of benzene rings is 2. The Morgan fingerprint density at radius 3 is 2.43 bits per heavy atom. The molecule has 3 aliphatic heterocycles. The van der Waals surface area contributed by atoms with E-state index in [9.17, 15) is 0 Å². The van der Waals surface area contributed by atoms with Gasteiger partial charge < -0.3 is 0 Å². The monoisotopic (exact) mass is 592 g/mol. The largest absolute Gasteiger partial charge is 0.289 e. The predicted molar refractivity (Wildman–Crippen MR) is 162 cm³/mol. The summed E-state index contributed by atoms with van der Waals surface area (Å²) >= 11 is 10.4. The predicted octanol–water partition coefficient (Wildman–Crippen LogP) is 7.99. The molecule has 5 heterocycles. The van der Waals surface area contributed by atoms with Gasteiger partial charge in [-0.2, -0.15) is 0 Å². The third kappa shape index (κ3) is 4.43. The van der Waals surface area contributed by atoms with Gasteiger partial charge in [0.25, 0.3) is 0 Å². The number of aliphatic imine (C=N–C) groups is 1. The molecule has 0 bridgehead atoms. The lowest BCUT2D eigenvalue weighted by Gasteiger charge is -2.33. The van der Waals surface area contributed by atoms with Crippen LogP contribution in [0.4, 0.5) is 5.69 Å². The zero-order valence-corrected chi connectivity index (χ0v) is 23.9. The minimum atomic E-state index is 0.624. The summed E-state index contributed by atoms with van der Waals surface area (Å²) in [6.07, 6.45) is 5.77. The Morgan fingerprint density at radius 1 is 0.892 bits per heavy atom. The van der Waals surface area contributed by atoms with E-state index in [0.717, 1.165) is 33.3 Å². The Kier molecular flexibility index (Phi) is 6.78. The van der Waals surface area contributed by atoms with E-state index in [1.807, 2.05) is 24.0 Å². The summed E-state index contributed by atoms with van der Waals surface area (Å²) in [5.41, 5.74) is 5.99. The topological polar surface area (TPSA) is 66.6 Å². The maximum Gasteiger partial charge on any atom is 0.106 e. The van der Waals surface area contributed by atoms with Crippen molar-refractivity contribution in [2.75, 3.05) is 15.3 Å². The van der Waals surface area contributed by atoms with Crippen LogP contribution in [0, 0.1) is 0 Å². The normalized spacial score (nSPS) is 16.3. The number of aromatic nitrogens is 3. The summed E-state index contributed by atoms with van der Waals surface area (Å²) in [5, 5.41) is 17.7. The smallest absolute Gasteiger partial charge is 0.106 e. The van der Waals surface area contributed by atoms with Crippen LogP contribution in [-0.2, 0) is 0 Å². The average molecular weight is 593 g/mol. The molecule has 4 aromatic rings. The number of nitrogens with zero attached hydrogens (tertiary/aromatic N) is 6. The molecule has 0 amide bonds. The quantitative estimate of drug-likeness (QED) is 0.193. The van der Waals surface area contributed by atoms with E-state index in [1.54, 1.807) is 53.0 Å². The van der Waals surface area contributed by atoms with Crippen LogP contribution in [0.2, 0.25) is 0 Å². The molecule has 0 fully saturated rings. The lowest BCUT2D eigenvalue weighted by atomic mass is 9.93. The minimum Gasteiger partial charge on any atom is -0.289 e. The summed E-state index contributed by atoms with van der Waals surface area (Å²) in [6, 6.07) is 14.9. The Bertz CT molecular complexity index is 1570. The van der Waals surface area contributed by atoms with Crippen molar-refractivity contribution in [3.05, 3.63) is 71.2 Å². The molecule has 0 N–H and O–H groups in total. The molecule has 182 valence electrons. The fraction of sp³-hybridized carbons (Fsp3) is 0.0800. The van der Waals surface area contributed by atoms with E-state index in [4.69, 9.17) is 4.40 Å². The van der Waals surface area contributed by atoms with Crippen LogP contribution in [0.1, 0.15) is 5.56 Å². The molecule has 12 heteroatoms. The fourth-order valence-corrected chi connectivity index (χ4v) is 9.91. The van der Waals surface area contributed by atoms with Gasteiger partial charge in [-0.25, -0.2) is 4.40 Å². The Morgan fingerprint density at radius 2 is 1.76 bits per heavy atom. The Hall–Kier alpha value is -2.22. The van der Waals surface area contributed by atoms with Crippen molar-refractivity contribution in [1.29, 1.82) is 0 Å². The van der Waals surface area contributed by atoms with Crippen molar-refractivity contribution in [2.45, 2.75) is 19.6 Å². The van der Waals surface area contributed by atoms with Crippen molar-refractivity contribution in [3.63, 3.8) is 0 Å². The zero-order chi connectivity index (χ0) is 24.6. The highest BCUT2D eigenvalue weighted by atomic mass is 32.2. The molecule has 7 rings (SSSR count). The molecule has 2 aromatic carbocycles. The van der Waals surface area contributed by atoms with Crippen molar-refractivity contribution >= 4 is 88.1 Å². The lowest BCUT2D eigenvalue weighted by molar-refractivity contribution is 0.868. The van der Waals surface area contributed by atoms with Crippen LogP contribution >= 0.6 is 70.5 Å². The summed E-state index contributed by atoms with van der Waals surface area (Å²) in [5.74, 6) is 0.624. The molecule has 0 atom stereocenters. The summed E-state index contributed by atoms with van der Waals surface area (Å²) in [4.78, 5) is 10.7. The summed E-state index contributed by atoms with van der Waals surface area (Å²) < 4.78 is 7.19. The van der Waals surface area contributed by atoms with Crippen LogP contribution in [0.3, 0.4) is 0 Å². The van der Waals surface area contributed by atoms with E-state index in [2.05, 4.69) is 78.1 Å². The van der Waals surface area contributed by atoms with Crippen LogP contribution in [0.15, 0.2) is 94.6 Å². The van der Waals surface area contributed by atoms with Crippen molar-refractivity contribution < 1.29 is 0 Å². The second-order valence-corrected chi connectivity index (χ2v) is 13.8. The number of thiophene rings is 1. The number of rotatable bonds is 4. The molecular formula is C25H16N6S6. The van der Waals surface area contributed by atoms with Gasteiger partial charge in [-0.05, 0) is 64.2 Å². The van der Waals surface area contributed by atoms with Crippen LogP contribution in [0.5, 0.6) is 0 Å². The molecule has 0 saturated heterocycles. The van der Waals surface area contributed by atoms with Gasteiger partial charge in [0, 0.05) is 53.6 Å². The van der Waals surface area contributed by atoms with E-state index < -0.39 is 0 Å². The van der Waals surface area contributed by atoms with Gasteiger partial charge in [0.15, 0.2) is 0 Å². The van der Waals surface area contributed by atoms with Crippen LogP contribution in [0.25, 0.3) is 21.7 Å². The molecule has 0 radical (unpaired) electrons. The molecule has 37 heavy (non-hydrogen) atoms. The molecule has 6 nitrogen and oxygen atoms in total. The first kappa shape index (κ1) is 23.9. The number of hydrogen-bond acceptors (Lipinski definition) is 12. The molecule has 0 saturated carbocycles. The third-order valence-electron chi connectivity index (χ3n) is 5.72. The van der Waals surface area contributed by atoms with Crippen molar-refractivity contribution in [3.8, 4) is 21.7 Å². The van der Waals surface area contributed by atoms with Crippen molar-refractivity contribution in [1.82, 2.24) is 15.4 Å². The third-order valence-corrected chi connectivity index (χ3v) is 11.7. The number of thioether (sulfide) groups is 1.